The van der Waals surface area contributed by atoms with Crippen LogP contribution in [0.15, 0.2) is 18.2 Å². The van der Waals surface area contributed by atoms with Crippen LogP contribution < -0.4 is 5.32 Å². The fourth-order valence-electron chi connectivity index (χ4n) is 2.07. The molecule has 2 nitrogen and oxygen atoms in total. The Morgan fingerprint density at radius 2 is 2.20 bits per heavy atom. The molecule has 0 aromatic heterocycles. The molecule has 3 heteroatoms. The Labute approximate surface area is 89.1 Å². The number of benzene rings is 1. The number of halogens is 1. The number of anilines is 1. The number of aliphatic hydroxyl groups is 1. The molecule has 2 N–H and O–H groups in total. The fraction of sp³-hybridized carbons (Fsp3) is 0.500. The minimum Gasteiger partial charge on any atom is -0.391 e. The molecule has 1 aromatic rings. The zero-order valence-corrected chi connectivity index (χ0v) is 8.83. The van der Waals surface area contributed by atoms with Gasteiger partial charge >= 0.3 is 0 Å². The highest BCUT2D eigenvalue weighted by Gasteiger charge is 2.25. The summed E-state index contributed by atoms with van der Waals surface area (Å²) < 4.78 is 13.2. The molecule has 1 aliphatic rings. The van der Waals surface area contributed by atoms with Crippen molar-refractivity contribution in [1.29, 1.82) is 0 Å². The first-order valence-electron chi connectivity index (χ1n) is 5.38. The lowest BCUT2D eigenvalue weighted by atomic mass is 10.1. The molecular weight excluding hydrogens is 193 g/mol. The average Bonchev–Trinajstić information content (AvgIpc) is 2.60. The standard InChI is InChI=1S/C12H16FNO/c1-8-9(13)4-2-5-10(8)14-11-6-3-7-12(11)15/h2,4-5,11-12,14-15H,3,6-7H2,1H3/t11-,12-/m0/s1. The SMILES string of the molecule is Cc1c(F)cccc1N[C@H]1CCC[C@@H]1O. The van der Waals surface area contributed by atoms with Gasteiger partial charge in [0.1, 0.15) is 5.82 Å². The minimum atomic E-state index is -0.298. The van der Waals surface area contributed by atoms with Gasteiger partial charge in [0.25, 0.3) is 0 Å². The summed E-state index contributed by atoms with van der Waals surface area (Å²) in [5.74, 6) is -0.201. The minimum absolute atomic E-state index is 0.0745. The number of hydrogen-bond acceptors (Lipinski definition) is 2. The van der Waals surface area contributed by atoms with Gasteiger partial charge in [0.05, 0.1) is 12.1 Å². The molecule has 0 saturated heterocycles. The van der Waals surface area contributed by atoms with Crippen molar-refractivity contribution in [2.45, 2.75) is 38.3 Å². The smallest absolute Gasteiger partial charge is 0.128 e. The molecule has 2 atom stereocenters. The molecule has 1 aromatic carbocycles. The molecule has 1 saturated carbocycles. The molecule has 2 rings (SSSR count). The highest BCUT2D eigenvalue weighted by molar-refractivity contribution is 5.51. The quantitative estimate of drug-likeness (QED) is 0.784. The van der Waals surface area contributed by atoms with Gasteiger partial charge in [0.2, 0.25) is 0 Å². The predicted molar refractivity (Wildman–Crippen MR) is 58.4 cm³/mol. The zero-order chi connectivity index (χ0) is 10.8. The number of nitrogens with one attached hydrogen (secondary N) is 1. The van der Waals surface area contributed by atoms with Crippen LogP contribution in [-0.2, 0) is 0 Å². The van der Waals surface area contributed by atoms with Gasteiger partial charge in [0.15, 0.2) is 0 Å². The van der Waals surface area contributed by atoms with Crippen LogP contribution in [0, 0.1) is 12.7 Å². The van der Waals surface area contributed by atoms with Crippen molar-refractivity contribution in [3.8, 4) is 0 Å². The largest absolute Gasteiger partial charge is 0.391 e. The van der Waals surface area contributed by atoms with E-state index in [1.165, 1.54) is 6.07 Å². The van der Waals surface area contributed by atoms with Crippen molar-refractivity contribution in [1.82, 2.24) is 0 Å². The third-order valence-corrected chi connectivity index (χ3v) is 3.09. The van der Waals surface area contributed by atoms with Crippen molar-refractivity contribution in [3.63, 3.8) is 0 Å². The summed E-state index contributed by atoms with van der Waals surface area (Å²) in [7, 11) is 0. The zero-order valence-electron chi connectivity index (χ0n) is 8.83. The molecule has 0 unspecified atom stereocenters. The predicted octanol–water partition coefficient (Wildman–Crippen LogP) is 2.46. The summed E-state index contributed by atoms with van der Waals surface area (Å²) in [4.78, 5) is 0. The third kappa shape index (κ3) is 2.12. The molecule has 1 fully saturated rings. The topological polar surface area (TPSA) is 32.3 Å². The van der Waals surface area contributed by atoms with E-state index in [0.717, 1.165) is 24.9 Å². The first kappa shape index (κ1) is 10.4. The van der Waals surface area contributed by atoms with Crippen LogP contribution in [0.25, 0.3) is 0 Å². The van der Waals surface area contributed by atoms with E-state index in [2.05, 4.69) is 5.32 Å². The van der Waals surface area contributed by atoms with Crippen molar-refractivity contribution < 1.29 is 9.50 Å². The van der Waals surface area contributed by atoms with Crippen LogP contribution in [0.5, 0.6) is 0 Å². The van der Waals surface area contributed by atoms with Crippen molar-refractivity contribution >= 4 is 5.69 Å². The van der Waals surface area contributed by atoms with Gasteiger partial charge in [-0.15, -0.1) is 0 Å². The maximum Gasteiger partial charge on any atom is 0.128 e. The van der Waals surface area contributed by atoms with Gasteiger partial charge in [-0.3, -0.25) is 0 Å². The van der Waals surface area contributed by atoms with E-state index in [1.54, 1.807) is 13.0 Å². The van der Waals surface area contributed by atoms with Crippen LogP contribution in [0.1, 0.15) is 24.8 Å². The van der Waals surface area contributed by atoms with Crippen LogP contribution in [0.3, 0.4) is 0 Å². The summed E-state index contributed by atoms with van der Waals surface area (Å²) in [5.41, 5.74) is 1.41. The highest BCUT2D eigenvalue weighted by atomic mass is 19.1. The molecule has 1 aliphatic carbocycles. The molecule has 0 radical (unpaired) electrons. The van der Waals surface area contributed by atoms with Gasteiger partial charge in [-0.1, -0.05) is 6.07 Å². The van der Waals surface area contributed by atoms with Crippen molar-refractivity contribution in [2.24, 2.45) is 0 Å². The Balaban J connectivity index is 2.13. The van der Waals surface area contributed by atoms with Gasteiger partial charge < -0.3 is 10.4 Å². The normalized spacial score (nSPS) is 25.5. The van der Waals surface area contributed by atoms with Gasteiger partial charge in [-0.2, -0.15) is 0 Å². The second-order valence-electron chi connectivity index (χ2n) is 4.16. The third-order valence-electron chi connectivity index (χ3n) is 3.09. The van der Waals surface area contributed by atoms with Gasteiger partial charge in [0, 0.05) is 11.3 Å². The van der Waals surface area contributed by atoms with E-state index >= 15 is 0 Å². The van der Waals surface area contributed by atoms with E-state index in [4.69, 9.17) is 0 Å². The molecule has 0 heterocycles. The summed E-state index contributed by atoms with van der Waals surface area (Å²) in [6.07, 6.45) is 2.53. The van der Waals surface area contributed by atoms with Crippen LogP contribution >= 0.6 is 0 Å². The Hall–Kier alpha value is -1.09. The Morgan fingerprint density at radius 1 is 1.40 bits per heavy atom. The maximum absolute atomic E-state index is 13.2. The average molecular weight is 209 g/mol. The highest BCUT2D eigenvalue weighted by Crippen LogP contribution is 2.25. The van der Waals surface area contributed by atoms with Crippen LogP contribution in [0.4, 0.5) is 10.1 Å². The monoisotopic (exact) mass is 209 g/mol. The molecular formula is C12H16FNO. The second-order valence-corrected chi connectivity index (χ2v) is 4.16. The van der Waals surface area contributed by atoms with Gasteiger partial charge in [-0.05, 0) is 38.3 Å². The number of hydrogen-bond donors (Lipinski definition) is 2. The lowest BCUT2D eigenvalue weighted by molar-refractivity contribution is 0.172. The van der Waals surface area contributed by atoms with Crippen molar-refractivity contribution in [3.05, 3.63) is 29.6 Å². The Bertz CT molecular complexity index is 353. The summed E-state index contributed by atoms with van der Waals surface area (Å²) in [5, 5.41) is 12.9. The maximum atomic E-state index is 13.2. The number of aliphatic hydroxyl groups excluding tert-OH is 1. The summed E-state index contributed by atoms with van der Waals surface area (Å²) in [6, 6.07) is 5.06. The van der Waals surface area contributed by atoms with E-state index in [0.29, 0.717) is 5.56 Å². The molecule has 82 valence electrons. The van der Waals surface area contributed by atoms with E-state index in [-0.39, 0.29) is 18.0 Å². The van der Waals surface area contributed by atoms with Crippen LogP contribution in [0.2, 0.25) is 0 Å². The Morgan fingerprint density at radius 3 is 2.87 bits per heavy atom. The molecule has 0 spiro atoms. The summed E-state index contributed by atoms with van der Waals surface area (Å²) in [6.45, 7) is 1.75. The van der Waals surface area contributed by atoms with E-state index in [1.807, 2.05) is 6.07 Å². The molecule has 0 aliphatic heterocycles. The molecule has 15 heavy (non-hydrogen) atoms. The lowest BCUT2D eigenvalue weighted by Gasteiger charge is -2.19. The van der Waals surface area contributed by atoms with E-state index in [9.17, 15) is 9.50 Å². The van der Waals surface area contributed by atoms with Crippen LogP contribution in [-0.4, -0.2) is 17.3 Å². The number of rotatable bonds is 2. The molecule has 0 bridgehead atoms. The first-order chi connectivity index (χ1) is 7.18. The molecule has 0 amide bonds. The fourth-order valence-corrected chi connectivity index (χ4v) is 2.07. The lowest BCUT2D eigenvalue weighted by Crippen LogP contribution is -2.28. The van der Waals surface area contributed by atoms with Crippen molar-refractivity contribution in [2.75, 3.05) is 5.32 Å². The van der Waals surface area contributed by atoms with E-state index < -0.39 is 0 Å². The second kappa shape index (κ2) is 4.19. The Kier molecular flexibility index (Phi) is 2.91. The summed E-state index contributed by atoms with van der Waals surface area (Å²) >= 11 is 0. The first-order valence-corrected chi connectivity index (χ1v) is 5.38. The van der Waals surface area contributed by atoms with Gasteiger partial charge in [-0.25, -0.2) is 4.39 Å².